The molecular formula is C18H23NO4. The van der Waals surface area contributed by atoms with Gasteiger partial charge in [-0.1, -0.05) is 18.2 Å². The van der Waals surface area contributed by atoms with Crippen LogP contribution in [0.4, 0.5) is 4.79 Å². The minimum atomic E-state index is -0.509. The lowest BCUT2D eigenvalue weighted by atomic mass is 10.1. The highest BCUT2D eigenvalue weighted by molar-refractivity contribution is 5.89. The molecule has 2 aliphatic carbocycles. The highest BCUT2D eigenvalue weighted by atomic mass is 16.6. The average Bonchev–Trinajstić information content (AvgIpc) is 3.19. The lowest BCUT2D eigenvalue weighted by Crippen LogP contribution is -2.40. The summed E-state index contributed by atoms with van der Waals surface area (Å²) < 4.78 is 10.9. The molecule has 1 N–H and O–H groups in total. The molecule has 0 spiro atoms. The number of carbonyl (C=O) groups is 2. The van der Waals surface area contributed by atoms with Crippen LogP contribution in [0.3, 0.4) is 0 Å². The third-order valence-corrected chi connectivity index (χ3v) is 4.34. The van der Waals surface area contributed by atoms with Crippen LogP contribution >= 0.6 is 0 Å². The molecule has 0 aromatic heterocycles. The van der Waals surface area contributed by atoms with Crippen molar-refractivity contribution < 1.29 is 19.1 Å². The number of alkyl carbamates (subject to hydrolysis) is 1. The number of nitrogens with one attached hydrogen (secondary N) is 1. The molecule has 23 heavy (non-hydrogen) atoms. The summed E-state index contributed by atoms with van der Waals surface area (Å²) in [5.41, 5.74) is 0.0541. The minimum Gasteiger partial charge on any atom is -0.458 e. The van der Waals surface area contributed by atoms with Gasteiger partial charge in [0.2, 0.25) is 0 Å². The van der Waals surface area contributed by atoms with E-state index in [-0.39, 0.29) is 18.1 Å². The van der Waals surface area contributed by atoms with E-state index in [1.807, 2.05) is 39.0 Å². The number of rotatable bonds is 3. The SMILES string of the molecule is CC(C)(C)OC(=O)NC1CC(OC(=O)c2ccccc2)C2CC12. The summed E-state index contributed by atoms with van der Waals surface area (Å²) in [7, 11) is 0. The molecule has 1 amide bonds. The van der Waals surface area contributed by atoms with Gasteiger partial charge in [0, 0.05) is 18.4 Å². The number of hydrogen-bond donors (Lipinski definition) is 1. The van der Waals surface area contributed by atoms with E-state index in [2.05, 4.69) is 5.32 Å². The van der Waals surface area contributed by atoms with Crippen molar-refractivity contribution in [2.45, 2.75) is 51.4 Å². The highest BCUT2D eigenvalue weighted by Crippen LogP contribution is 2.53. The van der Waals surface area contributed by atoms with Crippen molar-refractivity contribution in [2.75, 3.05) is 0 Å². The monoisotopic (exact) mass is 317 g/mol. The molecule has 2 fully saturated rings. The molecule has 0 bridgehead atoms. The molecule has 3 rings (SSSR count). The van der Waals surface area contributed by atoms with E-state index in [0.717, 1.165) is 6.42 Å². The molecule has 2 saturated carbocycles. The van der Waals surface area contributed by atoms with E-state index >= 15 is 0 Å². The van der Waals surface area contributed by atoms with Crippen molar-refractivity contribution in [1.29, 1.82) is 0 Å². The van der Waals surface area contributed by atoms with E-state index in [0.29, 0.717) is 23.8 Å². The van der Waals surface area contributed by atoms with Gasteiger partial charge in [0.25, 0.3) is 0 Å². The minimum absolute atomic E-state index is 0.0309. The molecule has 0 saturated heterocycles. The van der Waals surface area contributed by atoms with Crippen molar-refractivity contribution in [3.63, 3.8) is 0 Å². The largest absolute Gasteiger partial charge is 0.458 e. The zero-order valence-corrected chi connectivity index (χ0v) is 13.7. The molecule has 4 atom stereocenters. The van der Waals surface area contributed by atoms with Crippen molar-refractivity contribution in [3.05, 3.63) is 35.9 Å². The Morgan fingerprint density at radius 3 is 2.43 bits per heavy atom. The number of esters is 1. The van der Waals surface area contributed by atoms with Crippen LogP contribution in [0.25, 0.3) is 0 Å². The van der Waals surface area contributed by atoms with Crippen molar-refractivity contribution >= 4 is 12.1 Å². The molecule has 124 valence electrons. The number of carbonyl (C=O) groups excluding carboxylic acids is 2. The zero-order valence-electron chi connectivity index (χ0n) is 13.7. The predicted octanol–water partition coefficient (Wildman–Crippen LogP) is 3.15. The van der Waals surface area contributed by atoms with Crippen LogP contribution in [-0.2, 0) is 9.47 Å². The molecule has 5 heteroatoms. The van der Waals surface area contributed by atoms with E-state index in [1.54, 1.807) is 12.1 Å². The van der Waals surface area contributed by atoms with Gasteiger partial charge in [-0.25, -0.2) is 9.59 Å². The maximum Gasteiger partial charge on any atom is 0.407 e. The van der Waals surface area contributed by atoms with Crippen molar-refractivity contribution in [3.8, 4) is 0 Å². The van der Waals surface area contributed by atoms with Crippen LogP contribution in [0, 0.1) is 11.8 Å². The molecule has 0 aliphatic heterocycles. The van der Waals surface area contributed by atoms with Crippen LogP contribution in [-0.4, -0.2) is 29.8 Å². The Morgan fingerprint density at radius 2 is 1.78 bits per heavy atom. The van der Waals surface area contributed by atoms with Gasteiger partial charge in [-0.2, -0.15) is 0 Å². The second-order valence-electron chi connectivity index (χ2n) is 7.36. The quantitative estimate of drug-likeness (QED) is 0.870. The van der Waals surface area contributed by atoms with Crippen molar-refractivity contribution in [1.82, 2.24) is 5.32 Å². The normalized spacial score (nSPS) is 28.7. The number of amides is 1. The molecule has 4 unspecified atom stereocenters. The first-order chi connectivity index (χ1) is 10.8. The standard InChI is InChI=1S/C18H23NO4/c1-18(2,3)23-17(21)19-14-10-15(13-9-12(13)14)22-16(20)11-7-5-4-6-8-11/h4-8,12-15H,9-10H2,1-3H3,(H,19,21). The fourth-order valence-corrected chi connectivity index (χ4v) is 3.27. The van der Waals surface area contributed by atoms with E-state index < -0.39 is 11.7 Å². The zero-order chi connectivity index (χ0) is 16.6. The molecule has 1 aromatic carbocycles. The molecule has 0 heterocycles. The third-order valence-electron chi connectivity index (χ3n) is 4.34. The summed E-state index contributed by atoms with van der Waals surface area (Å²) in [5, 5.41) is 2.92. The first-order valence-corrected chi connectivity index (χ1v) is 8.09. The van der Waals surface area contributed by atoms with Gasteiger partial charge in [-0.3, -0.25) is 0 Å². The summed E-state index contributed by atoms with van der Waals surface area (Å²) in [6.45, 7) is 5.52. The predicted molar refractivity (Wildman–Crippen MR) is 85.0 cm³/mol. The van der Waals surface area contributed by atoms with Gasteiger partial charge in [0.15, 0.2) is 0 Å². The Balaban J connectivity index is 1.53. The summed E-state index contributed by atoms with van der Waals surface area (Å²) in [6.07, 6.45) is 1.14. The van der Waals surface area contributed by atoms with Crippen LogP contribution in [0.1, 0.15) is 44.0 Å². The summed E-state index contributed by atoms with van der Waals surface area (Å²) in [5.74, 6) is 0.470. The van der Waals surface area contributed by atoms with E-state index in [1.165, 1.54) is 0 Å². The lowest BCUT2D eigenvalue weighted by Gasteiger charge is -2.23. The third kappa shape index (κ3) is 3.84. The second-order valence-corrected chi connectivity index (χ2v) is 7.36. The topological polar surface area (TPSA) is 64.6 Å². The second kappa shape index (κ2) is 5.87. The van der Waals surface area contributed by atoms with E-state index in [4.69, 9.17) is 9.47 Å². The Bertz CT molecular complexity index is 593. The van der Waals surface area contributed by atoms with E-state index in [9.17, 15) is 9.59 Å². The summed E-state index contributed by atoms with van der Waals surface area (Å²) in [4.78, 5) is 24.0. The molecular weight excluding hydrogens is 294 g/mol. The Hall–Kier alpha value is -2.04. The van der Waals surface area contributed by atoms with Gasteiger partial charge >= 0.3 is 12.1 Å². The average molecular weight is 317 g/mol. The first-order valence-electron chi connectivity index (χ1n) is 8.09. The van der Waals surface area contributed by atoms with Gasteiger partial charge in [-0.05, 0) is 45.2 Å². The molecule has 5 nitrogen and oxygen atoms in total. The molecule has 1 aromatic rings. The van der Waals surface area contributed by atoms with Gasteiger partial charge in [0.05, 0.1) is 5.56 Å². The Morgan fingerprint density at radius 1 is 1.09 bits per heavy atom. The molecule has 0 radical (unpaired) electrons. The van der Waals surface area contributed by atoms with Gasteiger partial charge < -0.3 is 14.8 Å². The first kappa shape index (κ1) is 15.8. The fourth-order valence-electron chi connectivity index (χ4n) is 3.27. The van der Waals surface area contributed by atoms with Gasteiger partial charge in [0.1, 0.15) is 11.7 Å². The van der Waals surface area contributed by atoms with Crippen LogP contribution in [0.2, 0.25) is 0 Å². The number of fused-ring (bicyclic) bond motifs is 1. The van der Waals surface area contributed by atoms with Crippen LogP contribution in [0.5, 0.6) is 0 Å². The van der Waals surface area contributed by atoms with Gasteiger partial charge in [-0.15, -0.1) is 0 Å². The van der Waals surface area contributed by atoms with Crippen molar-refractivity contribution in [2.24, 2.45) is 11.8 Å². The van der Waals surface area contributed by atoms with Crippen LogP contribution in [0.15, 0.2) is 30.3 Å². The number of hydrogen-bond acceptors (Lipinski definition) is 4. The smallest absolute Gasteiger partial charge is 0.407 e. The number of ether oxygens (including phenoxy) is 2. The maximum atomic E-state index is 12.1. The maximum absolute atomic E-state index is 12.1. The fraction of sp³-hybridized carbons (Fsp3) is 0.556. The Labute approximate surface area is 136 Å². The summed E-state index contributed by atoms with van der Waals surface area (Å²) >= 11 is 0. The lowest BCUT2D eigenvalue weighted by molar-refractivity contribution is 0.0254. The number of benzene rings is 1. The molecule has 2 aliphatic rings. The highest BCUT2D eigenvalue weighted by Gasteiger charge is 2.56. The summed E-state index contributed by atoms with van der Waals surface area (Å²) in [6, 6.07) is 9.03. The van der Waals surface area contributed by atoms with Crippen LogP contribution < -0.4 is 5.32 Å². The Kier molecular flexibility index (Phi) is 4.04.